The molecule has 3 N–H and O–H groups in total. The molecule has 10 heavy (non-hydrogen) atoms. The van der Waals surface area contributed by atoms with Crippen molar-refractivity contribution in [2.24, 2.45) is 11.8 Å². The Morgan fingerprint density at radius 1 is 1.50 bits per heavy atom. The topological polar surface area (TPSA) is 38.0 Å². The van der Waals surface area contributed by atoms with Gasteiger partial charge in [0.05, 0.1) is 0 Å². The number of hydrazine groups is 1. The quantitative estimate of drug-likeness (QED) is 0.471. The first-order valence-corrected chi connectivity index (χ1v) is 5.06. The molecule has 62 valence electrons. The molecule has 1 unspecified atom stereocenters. The fourth-order valence-electron chi connectivity index (χ4n) is 0.854. The van der Waals surface area contributed by atoms with Crippen LogP contribution in [-0.4, -0.2) is 18.1 Å². The average Bonchev–Trinajstić information content (AvgIpc) is 1.89. The van der Waals surface area contributed by atoms with Gasteiger partial charge < -0.3 is 0 Å². The summed E-state index contributed by atoms with van der Waals surface area (Å²) >= 11 is 1.87. The van der Waals surface area contributed by atoms with Gasteiger partial charge in [-0.15, -0.1) is 0 Å². The Morgan fingerprint density at radius 3 is 2.40 bits per heavy atom. The van der Waals surface area contributed by atoms with Gasteiger partial charge in [-0.2, -0.15) is 11.8 Å². The van der Waals surface area contributed by atoms with Crippen LogP contribution >= 0.6 is 11.8 Å². The molecule has 0 rings (SSSR count). The SMILES string of the molecule is CSCCC(NN)C(C)C. The van der Waals surface area contributed by atoms with Gasteiger partial charge in [-0.3, -0.25) is 11.3 Å². The molecular weight excluding hydrogens is 144 g/mol. The fourth-order valence-corrected chi connectivity index (χ4v) is 1.34. The molecule has 3 heteroatoms. The molecule has 0 aromatic rings. The van der Waals surface area contributed by atoms with Crippen LogP contribution < -0.4 is 11.3 Å². The number of hydrogen-bond acceptors (Lipinski definition) is 3. The zero-order valence-electron chi connectivity index (χ0n) is 7.05. The molecule has 0 aromatic carbocycles. The highest BCUT2D eigenvalue weighted by molar-refractivity contribution is 7.98. The largest absolute Gasteiger partial charge is 0.271 e. The van der Waals surface area contributed by atoms with E-state index in [1.807, 2.05) is 11.8 Å². The lowest BCUT2D eigenvalue weighted by atomic mass is 10.0. The van der Waals surface area contributed by atoms with Crippen molar-refractivity contribution < 1.29 is 0 Å². The monoisotopic (exact) mass is 162 g/mol. The Kier molecular flexibility index (Phi) is 6.17. The molecule has 0 heterocycles. The van der Waals surface area contributed by atoms with Crippen molar-refractivity contribution >= 4 is 11.8 Å². The fraction of sp³-hybridized carbons (Fsp3) is 1.00. The third-order valence-electron chi connectivity index (χ3n) is 1.65. The maximum atomic E-state index is 5.36. The van der Waals surface area contributed by atoms with E-state index in [1.165, 1.54) is 5.75 Å². The second kappa shape index (κ2) is 6.01. The highest BCUT2D eigenvalue weighted by Gasteiger charge is 2.09. The van der Waals surface area contributed by atoms with Crippen molar-refractivity contribution in [3.63, 3.8) is 0 Å². The highest BCUT2D eigenvalue weighted by atomic mass is 32.2. The minimum absolute atomic E-state index is 0.479. The lowest BCUT2D eigenvalue weighted by Gasteiger charge is -2.18. The zero-order valence-corrected chi connectivity index (χ0v) is 7.87. The molecular formula is C7H18N2S. The van der Waals surface area contributed by atoms with Crippen LogP contribution in [0.1, 0.15) is 20.3 Å². The Morgan fingerprint density at radius 2 is 2.10 bits per heavy atom. The van der Waals surface area contributed by atoms with Gasteiger partial charge in [-0.1, -0.05) is 13.8 Å². The van der Waals surface area contributed by atoms with Crippen LogP contribution in [0.4, 0.5) is 0 Å². The zero-order chi connectivity index (χ0) is 7.98. The summed E-state index contributed by atoms with van der Waals surface area (Å²) in [5.74, 6) is 7.18. The third kappa shape index (κ3) is 4.14. The number of thioether (sulfide) groups is 1. The molecule has 0 aliphatic carbocycles. The van der Waals surface area contributed by atoms with E-state index in [-0.39, 0.29) is 0 Å². The smallest absolute Gasteiger partial charge is 0.0241 e. The lowest BCUT2D eigenvalue weighted by molar-refractivity contribution is 0.399. The van der Waals surface area contributed by atoms with E-state index in [4.69, 9.17) is 5.84 Å². The van der Waals surface area contributed by atoms with Crippen molar-refractivity contribution in [1.29, 1.82) is 0 Å². The molecule has 2 nitrogen and oxygen atoms in total. The second-order valence-corrected chi connectivity index (χ2v) is 3.78. The summed E-state index contributed by atoms with van der Waals surface area (Å²) in [5.41, 5.74) is 2.82. The summed E-state index contributed by atoms with van der Waals surface area (Å²) in [6.45, 7) is 4.37. The predicted molar refractivity (Wildman–Crippen MR) is 48.9 cm³/mol. The normalized spacial score (nSPS) is 14.1. The molecule has 0 amide bonds. The van der Waals surface area contributed by atoms with Gasteiger partial charge in [0.25, 0.3) is 0 Å². The van der Waals surface area contributed by atoms with Crippen LogP contribution in [0, 0.1) is 5.92 Å². The van der Waals surface area contributed by atoms with Crippen molar-refractivity contribution in [1.82, 2.24) is 5.43 Å². The maximum Gasteiger partial charge on any atom is 0.0241 e. The van der Waals surface area contributed by atoms with Crippen LogP contribution in [-0.2, 0) is 0 Å². The summed E-state index contributed by atoms with van der Waals surface area (Å²) in [4.78, 5) is 0. The van der Waals surface area contributed by atoms with Gasteiger partial charge in [0, 0.05) is 6.04 Å². The molecule has 0 spiro atoms. The van der Waals surface area contributed by atoms with Crippen molar-refractivity contribution in [3.05, 3.63) is 0 Å². The minimum Gasteiger partial charge on any atom is -0.271 e. The Balaban J connectivity index is 3.40. The molecule has 0 aliphatic heterocycles. The van der Waals surface area contributed by atoms with Gasteiger partial charge in [0.15, 0.2) is 0 Å². The van der Waals surface area contributed by atoms with Crippen molar-refractivity contribution in [3.8, 4) is 0 Å². The Labute approximate surface area is 67.9 Å². The van der Waals surface area contributed by atoms with E-state index in [0.717, 1.165) is 6.42 Å². The molecule has 0 aromatic heterocycles. The van der Waals surface area contributed by atoms with Crippen LogP contribution in [0.25, 0.3) is 0 Å². The van der Waals surface area contributed by atoms with Crippen LogP contribution in [0.5, 0.6) is 0 Å². The number of nitrogens with one attached hydrogen (secondary N) is 1. The van der Waals surface area contributed by atoms with Gasteiger partial charge in [0.2, 0.25) is 0 Å². The first-order valence-electron chi connectivity index (χ1n) is 3.67. The molecule has 0 aliphatic rings. The van der Waals surface area contributed by atoms with E-state index < -0.39 is 0 Å². The molecule has 0 saturated carbocycles. The standard InChI is InChI=1S/C7H18N2S/c1-6(2)7(9-8)4-5-10-3/h6-7,9H,4-5,8H2,1-3H3. The summed E-state index contributed by atoms with van der Waals surface area (Å²) in [5, 5.41) is 0. The van der Waals surface area contributed by atoms with E-state index in [0.29, 0.717) is 12.0 Å². The number of hydrogen-bond donors (Lipinski definition) is 2. The van der Waals surface area contributed by atoms with Gasteiger partial charge >= 0.3 is 0 Å². The third-order valence-corrected chi connectivity index (χ3v) is 2.30. The van der Waals surface area contributed by atoms with E-state index in [9.17, 15) is 0 Å². The Bertz CT molecular complexity index is 76.0. The number of nitrogens with two attached hydrogens (primary N) is 1. The molecule has 1 atom stereocenters. The summed E-state index contributed by atoms with van der Waals surface area (Å²) < 4.78 is 0. The van der Waals surface area contributed by atoms with E-state index in [1.54, 1.807) is 0 Å². The maximum absolute atomic E-state index is 5.36. The lowest BCUT2D eigenvalue weighted by Crippen LogP contribution is -2.39. The first kappa shape index (κ1) is 10.3. The van der Waals surface area contributed by atoms with Gasteiger partial charge in [0.1, 0.15) is 0 Å². The molecule has 0 radical (unpaired) electrons. The number of rotatable bonds is 5. The highest BCUT2D eigenvalue weighted by Crippen LogP contribution is 2.07. The van der Waals surface area contributed by atoms with Crippen molar-refractivity contribution in [2.75, 3.05) is 12.0 Å². The molecule has 0 saturated heterocycles. The van der Waals surface area contributed by atoms with Gasteiger partial charge in [-0.25, -0.2) is 0 Å². The molecule has 0 fully saturated rings. The van der Waals surface area contributed by atoms with Crippen LogP contribution in [0.15, 0.2) is 0 Å². The van der Waals surface area contributed by atoms with Gasteiger partial charge in [-0.05, 0) is 24.3 Å². The van der Waals surface area contributed by atoms with Crippen molar-refractivity contribution in [2.45, 2.75) is 26.3 Å². The Hall–Kier alpha value is 0.270. The van der Waals surface area contributed by atoms with E-state index >= 15 is 0 Å². The average molecular weight is 162 g/mol. The second-order valence-electron chi connectivity index (χ2n) is 2.80. The van der Waals surface area contributed by atoms with E-state index in [2.05, 4.69) is 25.5 Å². The first-order chi connectivity index (χ1) is 4.72. The molecule has 0 bridgehead atoms. The summed E-state index contributed by atoms with van der Waals surface area (Å²) in [6.07, 6.45) is 3.28. The summed E-state index contributed by atoms with van der Waals surface area (Å²) in [6, 6.07) is 0.479. The predicted octanol–water partition coefficient (Wildman–Crippen LogP) is 1.23. The minimum atomic E-state index is 0.479. The van der Waals surface area contributed by atoms with Crippen LogP contribution in [0.3, 0.4) is 0 Å². The van der Waals surface area contributed by atoms with Crippen LogP contribution in [0.2, 0.25) is 0 Å². The summed E-state index contributed by atoms with van der Waals surface area (Å²) in [7, 11) is 0.